The van der Waals surface area contributed by atoms with Crippen LogP contribution in [0.3, 0.4) is 0 Å². The van der Waals surface area contributed by atoms with Crippen molar-refractivity contribution in [3.63, 3.8) is 0 Å². The number of hydrogen-bond donors (Lipinski definition) is 0. The lowest BCUT2D eigenvalue weighted by molar-refractivity contribution is -0.137. The minimum Gasteiger partial charge on any atom is -0.464 e. The van der Waals surface area contributed by atoms with Crippen LogP contribution in [0, 0.1) is 0 Å². The van der Waals surface area contributed by atoms with E-state index in [2.05, 4.69) is 4.98 Å². The lowest BCUT2D eigenvalue weighted by Crippen LogP contribution is -2.13. The molecular formula is C20H17F3N2O2. The monoisotopic (exact) mass is 374 g/mol. The van der Waals surface area contributed by atoms with Crippen LogP contribution in [0.5, 0.6) is 0 Å². The number of hydrogen-bond acceptors (Lipinski definition) is 3. The van der Waals surface area contributed by atoms with Crippen molar-refractivity contribution in [2.24, 2.45) is 0 Å². The Bertz CT molecular complexity index is 1020. The van der Waals surface area contributed by atoms with Gasteiger partial charge >= 0.3 is 12.1 Å². The molecule has 0 atom stereocenters. The Morgan fingerprint density at radius 2 is 2.04 bits per heavy atom. The lowest BCUT2D eigenvalue weighted by atomic mass is 10.1. The molecule has 4 nitrogen and oxygen atoms in total. The van der Waals surface area contributed by atoms with Gasteiger partial charge in [0.2, 0.25) is 0 Å². The van der Waals surface area contributed by atoms with E-state index in [0.29, 0.717) is 16.8 Å². The van der Waals surface area contributed by atoms with Gasteiger partial charge in [-0.15, -0.1) is 0 Å². The van der Waals surface area contributed by atoms with Gasteiger partial charge in [-0.25, -0.2) is 9.78 Å². The summed E-state index contributed by atoms with van der Waals surface area (Å²) in [5.74, 6) is -0.576. The maximum Gasteiger partial charge on any atom is 0.416 e. The maximum atomic E-state index is 13.0. The van der Waals surface area contributed by atoms with Gasteiger partial charge in [0.1, 0.15) is 11.3 Å². The first kappa shape index (κ1) is 18.7. The number of carbonyl (C=O) groups is 1. The summed E-state index contributed by atoms with van der Waals surface area (Å²) in [6.45, 7) is 1.87. The summed E-state index contributed by atoms with van der Waals surface area (Å²) >= 11 is 0. The fourth-order valence-electron chi connectivity index (χ4n) is 3.04. The van der Waals surface area contributed by atoms with E-state index < -0.39 is 17.7 Å². The Morgan fingerprint density at radius 3 is 2.70 bits per heavy atom. The van der Waals surface area contributed by atoms with Gasteiger partial charge in [-0.2, -0.15) is 13.2 Å². The number of alkyl halides is 3. The fraction of sp³-hybridized carbons (Fsp3) is 0.200. The highest BCUT2D eigenvalue weighted by Crippen LogP contribution is 2.31. The van der Waals surface area contributed by atoms with E-state index in [9.17, 15) is 18.0 Å². The Balaban J connectivity index is 2.21. The zero-order chi connectivity index (χ0) is 19.6. The Kier molecular flexibility index (Phi) is 5.03. The molecule has 0 saturated carbocycles. The summed E-state index contributed by atoms with van der Waals surface area (Å²) in [7, 11) is 1.27. The molecule has 0 aliphatic carbocycles. The van der Waals surface area contributed by atoms with Gasteiger partial charge in [-0.3, -0.25) is 0 Å². The number of pyridine rings is 1. The molecule has 0 bridgehead atoms. The lowest BCUT2D eigenvalue weighted by Gasteiger charge is -2.12. The van der Waals surface area contributed by atoms with E-state index in [-0.39, 0.29) is 12.2 Å². The summed E-state index contributed by atoms with van der Waals surface area (Å²) < 4.78 is 45.6. The van der Waals surface area contributed by atoms with Gasteiger partial charge < -0.3 is 9.30 Å². The van der Waals surface area contributed by atoms with Crippen molar-refractivity contribution in [1.29, 1.82) is 0 Å². The Morgan fingerprint density at radius 1 is 1.26 bits per heavy atom. The normalized spacial score (nSPS) is 12.0. The predicted molar refractivity (Wildman–Crippen MR) is 96.3 cm³/mol. The number of allylic oxidation sites excluding steroid dienone is 1. The molecule has 27 heavy (non-hydrogen) atoms. The van der Waals surface area contributed by atoms with Crippen LogP contribution in [0.4, 0.5) is 13.2 Å². The molecule has 0 amide bonds. The average Bonchev–Trinajstić information content (AvgIpc) is 2.95. The molecule has 3 rings (SSSR count). The fourth-order valence-corrected chi connectivity index (χ4v) is 3.04. The molecule has 0 fully saturated rings. The number of rotatable bonds is 4. The number of halogens is 3. The largest absolute Gasteiger partial charge is 0.464 e. The highest BCUT2D eigenvalue weighted by Gasteiger charge is 2.30. The van der Waals surface area contributed by atoms with Crippen molar-refractivity contribution in [2.75, 3.05) is 7.11 Å². The molecule has 3 aromatic rings. The summed E-state index contributed by atoms with van der Waals surface area (Å²) in [5.41, 5.74) is 1.05. The van der Waals surface area contributed by atoms with Gasteiger partial charge in [-0.1, -0.05) is 24.3 Å². The number of benzene rings is 1. The topological polar surface area (TPSA) is 44.1 Å². The number of aromatic nitrogens is 2. The van der Waals surface area contributed by atoms with E-state index in [0.717, 1.165) is 17.5 Å². The molecule has 0 saturated heterocycles. The van der Waals surface area contributed by atoms with Gasteiger partial charge in [0.15, 0.2) is 0 Å². The number of fused-ring (bicyclic) bond motifs is 1. The van der Waals surface area contributed by atoms with Crippen LogP contribution >= 0.6 is 0 Å². The predicted octanol–water partition coefficient (Wildman–Crippen LogP) is 4.92. The van der Waals surface area contributed by atoms with Crippen molar-refractivity contribution in [1.82, 2.24) is 9.55 Å². The molecule has 0 aliphatic rings. The van der Waals surface area contributed by atoms with Gasteiger partial charge in [-0.05, 0) is 36.8 Å². The van der Waals surface area contributed by atoms with E-state index >= 15 is 0 Å². The minimum atomic E-state index is -4.44. The highest BCUT2D eigenvalue weighted by molar-refractivity contribution is 6.02. The minimum absolute atomic E-state index is 0.0550. The molecule has 1 aromatic carbocycles. The summed E-state index contributed by atoms with van der Waals surface area (Å²) in [6, 6.07) is 8.58. The molecule has 2 aromatic heterocycles. The third-order valence-corrected chi connectivity index (χ3v) is 4.16. The van der Waals surface area contributed by atoms with Crippen LogP contribution in [0.2, 0.25) is 0 Å². The first-order chi connectivity index (χ1) is 12.9. The molecule has 2 heterocycles. The quantitative estimate of drug-likeness (QED) is 0.609. The average molecular weight is 374 g/mol. The van der Waals surface area contributed by atoms with Gasteiger partial charge in [0.25, 0.3) is 0 Å². The van der Waals surface area contributed by atoms with E-state index in [1.54, 1.807) is 35.0 Å². The smallest absolute Gasteiger partial charge is 0.416 e. The molecule has 140 valence electrons. The molecule has 0 spiro atoms. The second-order valence-corrected chi connectivity index (χ2v) is 5.91. The molecule has 0 radical (unpaired) electrons. The second-order valence-electron chi connectivity index (χ2n) is 5.91. The summed E-state index contributed by atoms with van der Waals surface area (Å²) in [4.78, 5) is 16.8. The molecule has 0 N–H and O–H groups in total. The van der Waals surface area contributed by atoms with Crippen LogP contribution in [-0.4, -0.2) is 22.6 Å². The molecule has 0 aliphatic heterocycles. The standard InChI is InChI=1S/C20H17F3N2O2/c1-3-6-15-16-9-5-10-24-18(16)25(17(15)19(26)27-2)12-13-7-4-8-14(11-13)20(21,22)23/h3-11H,12H2,1-2H3/b6-3+. The van der Waals surface area contributed by atoms with Gasteiger partial charge in [0, 0.05) is 23.7 Å². The van der Waals surface area contributed by atoms with Crippen LogP contribution in [0.1, 0.15) is 34.1 Å². The number of esters is 1. The SMILES string of the molecule is C/C=C/c1c(C(=O)OC)n(Cc2cccc(C(F)(F)F)c2)c2ncccc12. The Labute approximate surface area is 153 Å². The number of ether oxygens (including phenoxy) is 1. The second kappa shape index (κ2) is 7.26. The van der Waals surface area contributed by atoms with Crippen LogP contribution in [0.15, 0.2) is 48.7 Å². The first-order valence-corrected chi connectivity index (χ1v) is 8.21. The van der Waals surface area contributed by atoms with Crippen LogP contribution < -0.4 is 0 Å². The Hall–Kier alpha value is -3.09. The number of nitrogens with zero attached hydrogens (tertiary/aromatic N) is 2. The van der Waals surface area contributed by atoms with Crippen molar-refractivity contribution < 1.29 is 22.7 Å². The first-order valence-electron chi connectivity index (χ1n) is 8.21. The van der Waals surface area contributed by atoms with E-state index in [1.165, 1.54) is 13.2 Å². The van der Waals surface area contributed by atoms with Crippen molar-refractivity contribution in [3.8, 4) is 0 Å². The van der Waals surface area contributed by atoms with E-state index in [1.807, 2.05) is 13.0 Å². The van der Waals surface area contributed by atoms with Crippen LogP contribution in [-0.2, 0) is 17.5 Å². The van der Waals surface area contributed by atoms with E-state index in [4.69, 9.17) is 4.74 Å². The zero-order valence-electron chi connectivity index (χ0n) is 14.7. The van der Waals surface area contributed by atoms with Crippen molar-refractivity contribution >= 4 is 23.1 Å². The number of methoxy groups -OCH3 is 1. The maximum absolute atomic E-state index is 13.0. The molecule has 0 unspecified atom stereocenters. The summed E-state index contributed by atoms with van der Waals surface area (Å²) in [5, 5.41) is 0.725. The number of carbonyl (C=O) groups excluding carboxylic acids is 1. The van der Waals surface area contributed by atoms with Crippen molar-refractivity contribution in [3.05, 3.63) is 71.1 Å². The summed E-state index contributed by atoms with van der Waals surface area (Å²) in [6.07, 6.45) is 0.682. The third kappa shape index (κ3) is 3.58. The third-order valence-electron chi connectivity index (χ3n) is 4.16. The zero-order valence-corrected chi connectivity index (χ0v) is 14.7. The highest BCUT2D eigenvalue weighted by atomic mass is 19.4. The molecule has 7 heteroatoms. The van der Waals surface area contributed by atoms with Crippen LogP contribution in [0.25, 0.3) is 17.1 Å². The van der Waals surface area contributed by atoms with Crippen molar-refractivity contribution in [2.45, 2.75) is 19.6 Å². The molecular weight excluding hydrogens is 357 g/mol. The van der Waals surface area contributed by atoms with Gasteiger partial charge in [0.05, 0.1) is 12.7 Å².